The van der Waals surface area contributed by atoms with Crippen molar-refractivity contribution in [3.8, 4) is 0 Å². The molecule has 1 fully saturated rings. The molecule has 1 saturated heterocycles. The van der Waals surface area contributed by atoms with E-state index in [9.17, 15) is 17.9 Å². The average Bonchev–Trinajstić information content (AvgIpc) is 2.59. The molecule has 5 nitrogen and oxygen atoms in total. The fraction of sp³-hybridized carbons (Fsp3) is 0.538. The van der Waals surface area contributed by atoms with E-state index in [0.29, 0.717) is 6.54 Å². The van der Waals surface area contributed by atoms with E-state index in [2.05, 4.69) is 0 Å². The van der Waals surface area contributed by atoms with Crippen LogP contribution in [-0.2, 0) is 16.4 Å². The van der Waals surface area contributed by atoms with Crippen LogP contribution in [0, 0.1) is 5.82 Å². The second-order valence-corrected chi connectivity index (χ2v) is 7.44. The van der Waals surface area contributed by atoms with E-state index in [-0.39, 0.29) is 17.3 Å². The zero-order valence-electron chi connectivity index (χ0n) is 11.5. The summed E-state index contributed by atoms with van der Waals surface area (Å²) in [6.45, 7) is 0.349. The standard InChI is InChI=1S/C13H19FN2O3S/c1-15(2)16(7-10-4-3-5-11(14)6-10)12-8-20(18,19)9-13(12)17/h3-6,12-13,17H,7-9H2,1-2H3/t12-,13-/m0/s1. The molecule has 0 saturated carbocycles. The summed E-state index contributed by atoms with van der Waals surface area (Å²) in [7, 11) is 0.333. The third kappa shape index (κ3) is 3.54. The highest BCUT2D eigenvalue weighted by atomic mass is 32.2. The predicted octanol–water partition coefficient (Wildman–Crippen LogP) is 0.262. The van der Waals surface area contributed by atoms with Crippen molar-refractivity contribution < 1.29 is 17.9 Å². The van der Waals surface area contributed by atoms with Gasteiger partial charge in [0, 0.05) is 20.6 Å². The summed E-state index contributed by atoms with van der Waals surface area (Å²) in [5, 5.41) is 13.4. The summed E-state index contributed by atoms with van der Waals surface area (Å²) >= 11 is 0. The van der Waals surface area contributed by atoms with Gasteiger partial charge in [-0.3, -0.25) is 0 Å². The van der Waals surface area contributed by atoms with Gasteiger partial charge >= 0.3 is 0 Å². The molecule has 0 unspecified atom stereocenters. The number of sulfone groups is 1. The molecule has 0 aromatic heterocycles. The molecule has 1 N–H and O–H groups in total. The van der Waals surface area contributed by atoms with Crippen LogP contribution in [0.25, 0.3) is 0 Å². The number of aliphatic hydroxyl groups excluding tert-OH is 1. The van der Waals surface area contributed by atoms with Crippen molar-refractivity contribution in [3.05, 3.63) is 35.6 Å². The molecule has 7 heteroatoms. The fourth-order valence-electron chi connectivity index (χ4n) is 2.47. The normalized spacial score (nSPS) is 25.5. The largest absolute Gasteiger partial charge is 0.390 e. The highest BCUT2D eigenvalue weighted by molar-refractivity contribution is 7.91. The highest BCUT2D eigenvalue weighted by Crippen LogP contribution is 2.21. The van der Waals surface area contributed by atoms with Crippen molar-refractivity contribution in [2.75, 3.05) is 25.6 Å². The molecule has 1 aromatic carbocycles. The average molecular weight is 302 g/mol. The Labute approximate surface area is 118 Å². The summed E-state index contributed by atoms with van der Waals surface area (Å²) in [6, 6.07) is 5.65. The lowest BCUT2D eigenvalue weighted by molar-refractivity contribution is -0.0559. The minimum absolute atomic E-state index is 0.0817. The minimum Gasteiger partial charge on any atom is -0.390 e. The van der Waals surface area contributed by atoms with Gasteiger partial charge in [-0.25, -0.2) is 22.8 Å². The Morgan fingerprint density at radius 3 is 2.55 bits per heavy atom. The van der Waals surface area contributed by atoms with Crippen molar-refractivity contribution in [3.63, 3.8) is 0 Å². The third-order valence-corrected chi connectivity index (χ3v) is 5.12. The molecule has 0 amide bonds. The van der Waals surface area contributed by atoms with E-state index in [4.69, 9.17) is 0 Å². The molecule has 20 heavy (non-hydrogen) atoms. The highest BCUT2D eigenvalue weighted by Gasteiger charge is 2.40. The van der Waals surface area contributed by atoms with E-state index in [0.717, 1.165) is 5.56 Å². The molecular formula is C13H19FN2O3S. The van der Waals surface area contributed by atoms with Gasteiger partial charge in [0.2, 0.25) is 0 Å². The number of benzene rings is 1. The quantitative estimate of drug-likeness (QED) is 0.809. The number of nitrogens with zero attached hydrogens (tertiary/aromatic N) is 2. The van der Waals surface area contributed by atoms with Gasteiger partial charge in [-0.1, -0.05) is 12.1 Å². The number of aliphatic hydroxyl groups is 1. The van der Waals surface area contributed by atoms with Crippen LogP contribution in [0.2, 0.25) is 0 Å². The summed E-state index contributed by atoms with van der Waals surface area (Å²) in [6.07, 6.45) is -0.920. The van der Waals surface area contributed by atoms with Gasteiger partial charge in [-0.15, -0.1) is 0 Å². The van der Waals surface area contributed by atoms with Gasteiger partial charge in [0.05, 0.1) is 23.7 Å². The number of hydrazine groups is 1. The van der Waals surface area contributed by atoms with Crippen molar-refractivity contribution in [2.45, 2.75) is 18.7 Å². The molecule has 2 rings (SSSR count). The van der Waals surface area contributed by atoms with Gasteiger partial charge in [0.15, 0.2) is 9.84 Å². The molecule has 1 heterocycles. The molecular weight excluding hydrogens is 283 g/mol. The molecule has 0 radical (unpaired) electrons. The smallest absolute Gasteiger partial charge is 0.154 e. The molecule has 0 bridgehead atoms. The SMILES string of the molecule is CN(C)N(Cc1cccc(F)c1)[C@H]1CS(=O)(=O)C[C@@H]1O. The molecule has 0 aliphatic carbocycles. The molecule has 1 aliphatic rings. The number of rotatable bonds is 4. The molecule has 1 aromatic rings. The van der Waals surface area contributed by atoms with Crippen molar-refractivity contribution in [2.24, 2.45) is 0 Å². The second-order valence-electron chi connectivity index (χ2n) is 5.29. The van der Waals surface area contributed by atoms with Crippen LogP contribution in [0.15, 0.2) is 24.3 Å². The molecule has 2 atom stereocenters. The second kappa shape index (κ2) is 5.77. The first-order valence-electron chi connectivity index (χ1n) is 6.35. The van der Waals surface area contributed by atoms with Gasteiger partial charge in [-0.2, -0.15) is 0 Å². The van der Waals surface area contributed by atoms with E-state index < -0.39 is 22.0 Å². The summed E-state index contributed by atoms with van der Waals surface area (Å²) < 4.78 is 36.5. The maximum Gasteiger partial charge on any atom is 0.154 e. The number of hydrogen-bond donors (Lipinski definition) is 1. The van der Waals surface area contributed by atoms with Crippen LogP contribution in [0.1, 0.15) is 5.56 Å². The number of hydrogen-bond acceptors (Lipinski definition) is 5. The first-order chi connectivity index (χ1) is 9.28. The van der Waals surface area contributed by atoms with Crippen LogP contribution < -0.4 is 0 Å². The van der Waals surface area contributed by atoms with Crippen LogP contribution in [-0.4, -0.2) is 61.3 Å². The van der Waals surface area contributed by atoms with Gasteiger partial charge < -0.3 is 5.11 Å². The van der Waals surface area contributed by atoms with Gasteiger partial charge in [-0.05, 0) is 17.7 Å². The van der Waals surface area contributed by atoms with Crippen molar-refractivity contribution in [1.29, 1.82) is 0 Å². The Kier molecular flexibility index (Phi) is 4.43. The maximum atomic E-state index is 13.2. The first kappa shape index (κ1) is 15.4. The third-order valence-electron chi connectivity index (χ3n) is 3.42. The Hall–Kier alpha value is -1.02. The minimum atomic E-state index is -3.22. The van der Waals surface area contributed by atoms with Gasteiger partial charge in [0.25, 0.3) is 0 Å². The Balaban J connectivity index is 2.20. The van der Waals surface area contributed by atoms with Crippen LogP contribution in [0.4, 0.5) is 4.39 Å². The lowest BCUT2D eigenvalue weighted by atomic mass is 10.1. The topological polar surface area (TPSA) is 60.9 Å². The Bertz CT molecular complexity index is 577. The van der Waals surface area contributed by atoms with Crippen LogP contribution >= 0.6 is 0 Å². The van der Waals surface area contributed by atoms with E-state index in [1.807, 2.05) is 0 Å². The molecule has 0 spiro atoms. The Morgan fingerprint density at radius 1 is 1.35 bits per heavy atom. The van der Waals surface area contributed by atoms with E-state index >= 15 is 0 Å². The summed E-state index contributed by atoms with van der Waals surface area (Å²) in [5.41, 5.74) is 0.732. The lowest BCUT2D eigenvalue weighted by Gasteiger charge is -2.35. The molecule has 112 valence electrons. The van der Waals surface area contributed by atoms with E-state index in [1.165, 1.54) is 12.1 Å². The van der Waals surface area contributed by atoms with Crippen LogP contribution in [0.3, 0.4) is 0 Å². The first-order valence-corrected chi connectivity index (χ1v) is 8.17. The molecule has 1 aliphatic heterocycles. The fourth-order valence-corrected chi connectivity index (χ4v) is 4.27. The predicted molar refractivity (Wildman–Crippen MR) is 74.1 cm³/mol. The lowest BCUT2D eigenvalue weighted by Crippen LogP contribution is -2.49. The van der Waals surface area contributed by atoms with Crippen LogP contribution in [0.5, 0.6) is 0 Å². The summed E-state index contributed by atoms with van der Waals surface area (Å²) in [4.78, 5) is 0. The number of halogens is 1. The Morgan fingerprint density at radius 2 is 2.05 bits per heavy atom. The monoisotopic (exact) mass is 302 g/mol. The summed E-state index contributed by atoms with van der Waals surface area (Å²) in [5.74, 6) is -0.631. The zero-order chi connectivity index (χ0) is 14.9. The van der Waals surface area contributed by atoms with E-state index in [1.54, 1.807) is 36.2 Å². The maximum absolute atomic E-state index is 13.2. The van der Waals surface area contributed by atoms with Gasteiger partial charge in [0.1, 0.15) is 5.82 Å². The van der Waals surface area contributed by atoms with Crippen molar-refractivity contribution >= 4 is 9.84 Å². The zero-order valence-corrected chi connectivity index (χ0v) is 12.3. The van der Waals surface area contributed by atoms with Crippen molar-refractivity contribution in [1.82, 2.24) is 10.0 Å².